The van der Waals surface area contributed by atoms with Gasteiger partial charge in [-0.15, -0.1) is 0 Å². The summed E-state index contributed by atoms with van der Waals surface area (Å²) in [5, 5.41) is 11.3. The average Bonchev–Trinajstić information content (AvgIpc) is 3.09. The molecule has 5 aliphatic rings. The second-order valence-electron chi connectivity index (χ2n) is 9.75. The quantitative estimate of drug-likeness (QED) is 0.676. The van der Waals surface area contributed by atoms with Gasteiger partial charge in [-0.3, -0.25) is 9.59 Å². The molecule has 3 fully saturated rings. The van der Waals surface area contributed by atoms with Crippen molar-refractivity contribution in [3.05, 3.63) is 23.8 Å². The van der Waals surface area contributed by atoms with E-state index in [9.17, 15) is 14.7 Å². The number of carbonyl (C=O) groups excluding carboxylic acids is 2. The molecule has 1 N–H and O–H groups in total. The Balaban J connectivity index is 1.58. The first-order valence-electron chi connectivity index (χ1n) is 10.1. The standard InChI is InChI=1S/C22H28O4/c1-20-8-5-14(23)11-13(20)3-4-15-16-6-9-22(10-7-18(25)26-22)21(16,2)12-17(24)19(15)20/h3-4,11,15-17,19,24H,5-10,12H2,1-2H3/t15-,16-,17?,19+,20-,21-,22-/m0/s1. The van der Waals surface area contributed by atoms with Gasteiger partial charge in [0.1, 0.15) is 5.60 Å². The Bertz CT molecular complexity index is 751. The fraction of sp³-hybridized carbons (Fsp3) is 0.727. The number of allylic oxidation sites excluding steroid dienone is 4. The van der Waals surface area contributed by atoms with Crippen molar-refractivity contribution < 1.29 is 19.4 Å². The number of aliphatic hydroxyl groups is 1. The molecule has 5 rings (SSSR count). The van der Waals surface area contributed by atoms with Gasteiger partial charge >= 0.3 is 5.97 Å². The Morgan fingerprint density at radius 1 is 1.15 bits per heavy atom. The van der Waals surface area contributed by atoms with E-state index in [2.05, 4.69) is 26.0 Å². The molecular formula is C22H28O4. The van der Waals surface area contributed by atoms with Crippen LogP contribution >= 0.6 is 0 Å². The molecule has 1 spiro atoms. The molecule has 4 aliphatic carbocycles. The largest absolute Gasteiger partial charge is 0.458 e. The summed E-state index contributed by atoms with van der Waals surface area (Å²) in [4.78, 5) is 23.8. The molecule has 1 heterocycles. The van der Waals surface area contributed by atoms with Gasteiger partial charge in [0.05, 0.1) is 6.10 Å². The topological polar surface area (TPSA) is 63.6 Å². The van der Waals surface area contributed by atoms with Gasteiger partial charge in [0.2, 0.25) is 0 Å². The molecule has 1 unspecified atom stereocenters. The summed E-state index contributed by atoms with van der Waals surface area (Å²) in [5.41, 5.74) is 0.425. The van der Waals surface area contributed by atoms with E-state index in [1.165, 1.54) is 0 Å². The summed E-state index contributed by atoms with van der Waals surface area (Å²) in [7, 11) is 0. The van der Waals surface area contributed by atoms with E-state index >= 15 is 0 Å². The van der Waals surface area contributed by atoms with Crippen molar-refractivity contribution in [1.29, 1.82) is 0 Å². The van der Waals surface area contributed by atoms with Gasteiger partial charge in [-0.1, -0.05) is 26.0 Å². The molecule has 0 bridgehead atoms. The molecular weight excluding hydrogens is 328 g/mol. The third-order valence-corrected chi connectivity index (χ3v) is 8.79. The van der Waals surface area contributed by atoms with Crippen LogP contribution < -0.4 is 0 Å². The lowest BCUT2D eigenvalue weighted by Gasteiger charge is -2.58. The molecule has 140 valence electrons. The maximum Gasteiger partial charge on any atom is 0.306 e. The second-order valence-corrected chi connectivity index (χ2v) is 9.75. The maximum absolute atomic E-state index is 11.9. The predicted octanol–water partition coefficient (Wildman–Crippen LogP) is 3.34. The van der Waals surface area contributed by atoms with Gasteiger partial charge in [0.25, 0.3) is 0 Å². The number of aliphatic hydroxyl groups excluding tert-OH is 1. The van der Waals surface area contributed by atoms with Crippen LogP contribution in [0.15, 0.2) is 23.8 Å². The minimum Gasteiger partial charge on any atom is -0.458 e. The smallest absolute Gasteiger partial charge is 0.306 e. The average molecular weight is 356 g/mol. The highest BCUT2D eigenvalue weighted by Crippen LogP contribution is 2.68. The number of rotatable bonds is 0. The lowest BCUT2D eigenvalue weighted by molar-refractivity contribution is -0.177. The van der Waals surface area contributed by atoms with Crippen molar-refractivity contribution in [3.8, 4) is 0 Å². The van der Waals surface area contributed by atoms with E-state index in [4.69, 9.17) is 4.74 Å². The highest BCUT2D eigenvalue weighted by Gasteiger charge is 2.68. The number of ether oxygens (including phenoxy) is 1. The zero-order chi connectivity index (χ0) is 18.3. The van der Waals surface area contributed by atoms with Gasteiger partial charge in [-0.05, 0) is 61.0 Å². The third-order valence-electron chi connectivity index (χ3n) is 8.79. The maximum atomic E-state index is 11.9. The molecule has 0 aromatic heterocycles. The second kappa shape index (κ2) is 5.09. The van der Waals surface area contributed by atoms with E-state index < -0.39 is 6.10 Å². The fourth-order valence-corrected chi connectivity index (χ4v) is 7.41. The van der Waals surface area contributed by atoms with E-state index in [1.807, 2.05) is 0 Å². The minimum atomic E-state index is -0.429. The predicted molar refractivity (Wildman–Crippen MR) is 96.1 cm³/mol. The Morgan fingerprint density at radius 2 is 1.96 bits per heavy atom. The number of hydrogen-bond acceptors (Lipinski definition) is 4. The summed E-state index contributed by atoms with van der Waals surface area (Å²) in [6.45, 7) is 4.48. The molecule has 4 heteroatoms. The van der Waals surface area contributed by atoms with Crippen LogP contribution in [0.2, 0.25) is 0 Å². The van der Waals surface area contributed by atoms with Gasteiger partial charge in [-0.2, -0.15) is 0 Å². The monoisotopic (exact) mass is 356 g/mol. The lowest BCUT2D eigenvalue weighted by atomic mass is 9.47. The highest BCUT2D eigenvalue weighted by atomic mass is 16.6. The summed E-state index contributed by atoms with van der Waals surface area (Å²) in [6, 6.07) is 0. The number of hydrogen-bond donors (Lipinski definition) is 1. The van der Waals surface area contributed by atoms with E-state index in [-0.39, 0.29) is 40.0 Å². The van der Waals surface area contributed by atoms with Crippen molar-refractivity contribution in [2.24, 2.45) is 28.6 Å². The zero-order valence-corrected chi connectivity index (χ0v) is 15.7. The van der Waals surface area contributed by atoms with Crippen LogP contribution in [0.1, 0.15) is 58.8 Å². The molecule has 0 aromatic carbocycles. The summed E-state index contributed by atoms with van der Waals surface area (Å²) >= 11 is 0. The zero-order valence-electron chi connectivity index (χ0n) is 15.7. The van der Waals surface area contributed by atoms with Gasteiger partial charge in [-0.25, -0.2) is 0 Å². The summed E-state index contributed by atoms with van der Waals surface area (Å²) in [5.74, 6) is 0.989. The Labute approximate surface area is 154 Å². The van der Waals surface area contributed by atoms with E-state index in [0.29, 0.717) is 25.2 Å². The number of esters is 1. The minimum absolute atomic E-state index is 0.0781. The summed E-state index contributed by atoms with van der Waals surface area (Å²) < 4.78 is 5.93. The molecule has 7 atom stereocenters. The lowest BCUT2D eigenvalue weighted by Crippen LogP contribution is -2.58. The van der Waals surface area contributed by atoms with Crippen LogP contribution in [-0.2, 0) is 14.3 Å². The molecule has 0 radical (unpaired) electrons. The van der Waals surface area contributed by atoms with Crippen LogP contribution in [0.4, 0.5) is 0 Å². The van der Waals surface area contributed by atoms with Crippen LogP contribution in [0.25, 0.3) is 0 Å². The molecule has 2 saturated carbocycles. The van der Waals surface area contributed by atoms with Crippen LogP contribution in [0.3, 0.4) is 0 Å². The number of ketones is 1. The van der Waals surface area contributed by atoms with Crippen LogP contribution in [0, 0.1) is 28.6 Å². The molecule has 0 amide bonds. The molecule has 1 saturated heterocycles. The summed E-state index contributed by atoms with van der Waals surface area (Å²) in [6.07, 6.45) is 11.1. The molecule has 4 nitrogen and oxygen atoms in total. The van der Waals surface area contributed by atoms with E-state index in [1.54, 1.807) is 6.08 Å². The number of carbonyl (C=O) groups is 2. The van der Waals surface area contributed by atoms with E-state index in [0.717, 1.165) is 31.3 Å². The molecule has 26 heavy (non-hydrogen) atoms. The van der Waals surface area contributed by atoms with Crippen molar-refractivity contribution in [2.75, 3.05) is 0 Å². The van der Waals surface area contributed by atoms with Crippen LogP contribution in [0.5, 0.6) is 0 Å². The first-order chi connectivity index (χ1) is 12.3. The van der Waals surface area contributed by atoms with Gasteiger partial charge < -0.3 is 9.84 Å². The normalized spacial score (nSPS) is 52.3. The SMILES string of the molecule is C[C@]12CCC(=O)C=C1C=C[C@@H]1[C@@H]2C(O)C[C@@]2(C)[C@H]1CC[C@]21CCC(=O)O1. The molecule has 0 aromatic rings. The molecule has 1 aliphatic heterocycles. The van der Waals surface area contributed by atoms with Gasteiger partial charge in [0.15, 0.2) is 5.78 Å². The third kappa shape index (κ3) is 1.89. The first kappa shape index (κ1) is 16.7. The Morgan fingerprint density at radius 3 is 2.69 bits per heavy atom. The number of fused-ring (bicyclic) bond motifs is 6. The van der Waals surface area contributed by atoms with Crippen molar-refractivity contribution in [1.82, 2.24) is 0 Å². The highest BCUT2D eigenvalue weighted by molar-refractivity contribution is 5.92. The first-order valence-corrected chi connectivity index (χ1v) is 10.1. The van der Waals surface area contributed by atoms with Crippen LogP contribution in [-0.4, -0.2) is 28.6 Å². The van der Waals surface area contributed by atoms with Gasteiger partial charge in [0, 0.05) is 24.2 Å². The van der Waals surface area contributed by atoms with Crippen molar-refractivity contribution in [2.45, 2.75) is 70.5 Å². The Hall–Kier alpha value is -1.42. The van der Waals surface area contributed by atoms with Crippen molar-refractivity contribution >= 4 is 11.8 Å². The Kier molecular flexibility index (Phi) is 3.28. The fourth-order valence-electron chi connectivity index (χ4n) is 7.41. The van der Waals surface area contributed by atoms with Crippen molar-refractivity contribution in [3.63, 3.8) is 0 Å².